The fourth-order valence-corrected chi connectivity index (χ4v) is 2.44. The van der Waals surface area contributed by atoms with E-state index < -0.39 is 15.1 Å². The molecule has 10 heavy (non-hydrogen) atoms. The highest BCUT2D eigenvalue weighted by atomic mass is 32.2. The van der Waals surface area contributed by atoms with Crippen molar-refractivity contribution >= 4 is 15.5 Å². The van der Waals surface area contributed by atoms with E-state index in [4.69, 9.17) is 5.84 Å². The minimum absolute atomic E-state index is 0.199. The minimum atomic E-state index is -2.90. The highest BCUT2D eigenvalue weighted by Crippen LogP contribution is 2.16. The van der Waals surface area contributed by atoms with Crippen LogP contribution in [-0.2, 0) is 9.84 Å². The molecule has 1 unspecified atom stereocenters. The molecule has 1 atom stereocenters. The summed E-state index contributed by atoms with van der Waals surface area (Å²) >= 11 is 0. The minimum Gasteiger partial charge on any atom is -0.323 e. The maximum atomic E-state index is 11.0. The summed E-state index contributed by atoms with van der Waals surface area (Å²) < 4.78 is 22.0. The Kier molecular flexibility index (Phi) is 1.68. The molecule has 1 aliphatic heterocycles. The van der Waals surface area contributed by atoms with E-state index in [1.807, 2.05) is 0 Å². The van der Waals surface area contributed by atoms with Gasteiger partial charge in [-0.2, -0.15) is 5.10 Å². The SMILES string of the molecule is CC1/C(=N\N)CCS1(=O)=O. The average Bonchev–Trinajstić information content (AvgIpc) is 2.10. The van der Waals surface area contributed by atoms with E-state index in [0.29, 0.717) is 12.1 Å². The lowest BCUT2D eigenvalue weighted by Crippen LogP contribution is -2.18. The second-order valence-corrected chi connectivity index (χ2v) is 4.82. The molecule has 4 nitrogen and oxygen atoms in total. The van der Waals surface area contributed by atoms with Gasteiger partial charge in [-0.3, -0.25) is 0 Å². The molecule has 0 radical (unpaired) electrons. The Hall–Kier alpha value is -0.580. The zero-order valence-corrected chi connectivity index (χ0v) is 6.56. The fraction of sp³-hybridized carbons (Fsp3) is 0.800. The molecule has 1 heterocycles. The van der Waals surface area contributed by atoms with Crippen molar-refractivity contribution in [1.29, 1.82) is 0 Å². The van der Waals surface area contributed by atoms with E-state index in [1.165, 1.54) is 0 Å². The van der Waals surface area contributed by atoms with Crippen LogP contribution in [0.25, 0.3) is 0 Å². The van der Waals surface area contributed by atoms with Crippen LogP contribution in [0.5, 0.6) is 0 Å². The Balaban J connectivity index is 2.99. The van der Waals surface area contributed by atoms with Gasteiger partial charge in [-0.15, -0.1) is 0 Å². The zero-order valence-electron chi connectivity index (χ0n) is 5.74. The molecule has 5 heteroatoms. The predicted octanol–water partition coefficient (Wildman–Crippen LogP) is -0.492. The van der Waals surface area contributed by atoms with E-state index in [0.717, 1.165) is 0 Å². The number of hydrogen-bond donors (Lipinski definition) is 1. The second-order valence-electron chi connectivity index (χ2n) is 2.38. The normalized spacial score (nSPS) is 34.9. The molecule has 0 amide bonds. The second kappa shape index (κ2) is 2.23. The molecule has 1 aliphatic rings. The number of nitrogens with two attached hydrogens (primary N) is 1. The van der Waals surface area contributed by atoms with Crippen LogP contribution < -0.4 is 5.84 Å². The van der Waals surface area contributed by atoms with Crippen LogP contribution in [0.3, 0.4) is 0 Å². The molecule has 2 N–H and O–H groups in total. The number of rotatable bonds is 0. The maximum Gasteiger partial charge on any atom is 0.158 e. The summed E-state index contributed by atoms with van der Waals surface area (Å²) in [6.45, 7) is 1.62. The molecule has 0 saturated carbocycles. The first kappa shape index (κ1) is 7.53. The Morgan fingerprint density at radius 3 is 2.50 bits per heavy atom. The molecule has 1 saturated heterocycles. The van der Waals surface area contributed by atoms with Gasteiger partial charge in [-0.1, -0.05) is 0 Å². The van der Waals surface area contributed by atoms with Crippen molar-refractivity contribution < 1.29 is 8.42 Å². The van der Waals surface area contributed by atoms with Crippen molar-refractivity contribution in [3.05, 3.63) is 0 Å². The zero-order chi connectivity index (χ0) is 7.78. The maximum absolute atomic E-state index is 11.0. The number of nitrogens with zero attached hydrogens (tertiary/aromatic N) is 1. The van der Waals surface area contributed by atoms with Crippen molar-refractivity contribution in [2.45, 2.75) is 18.6 Å². The van der Waals surface area contributed by atoms with E-state index in [-0.39, 0.29) is 5.75 Å². The first-order valence-electron chi connectivity index (χ1n) is 3.06. The van der Waals surface area contributed by atoms with E-state index in [2.05, 4.69) is 5.10 Å². The van der Waals surface area contributed by atoms with E-state index in [9.17, 15) is 8.42 Å². The summed E-state index contributed by atoms with van der Waals surface area (Å²) in [7, 11) is -2.90. The van der Waals surface area contributed by atoms with Gasteiger partial charge in [0.1, 0.15) is 0 Å². The van der Waals surface area contributed by atoms with Crippen molar-refractivity contribution in [3.63, 3.8) is 0 Å². The lowest BCUT2D eigenvalue weighted by molar-refractivity contribution is 0.597. The predicted molar refractivity (Wildman–Crippen MR) is 39.5 cm³/mol. The van der Waals surface area contributed by atoms with Gasteiger partial charge >= 0.3 is 0 Å². The van der Waals surface area contributed by atoms with Crippen molar-refractivity contribution in [3.8, 4) is 0 Å². The van der Waals surface area contributed by atoms with Crippen LogP contribution in [-0.4, -0.2) is 25.1 Å². The Morgan fingerprint density at radius 2 is 2.30 bits per heavy atom. The monoisotopic (exact) mass is 162 g/mol. The molecule has 0 aromatic carbocycles. The molecular formula is C5H10N2O2S. The van der Waals surface area contributed by atoms with E-state index >= 15 is 0 Å². The van der Waals surface area contributed by atoms with Crippen molar-refractivity contribution in [1.82, 2.24) is 0 Å². The van der Waals surface area contributed by atoms with Crippen molar-refractivity contribution in [2.24, 2.45) is 10.9 Å². The number of hydrazone groups is 1. The number of hydrogen-bond acceptors (Lipinski definition) is 4. The number of sulfone groups is 1. The van der Waals surface area contributed by atoms with Gasteiger partial charge in [0, 0.05) is 6.42 Å². The summed E-state index contributed by atoms with van der Waals surface area (Å²) in [6, 6.07) is 0. The Morgan fingerprint density at radius 1 is 1.70 bits per heavy atom. The third kappa shape index (κ3) is 1.01. The first-order valence-corrected chi connectivity index (χ1v) is 4.77. The summed E-state index contributed by atoms with van der Waals surface area (Å²) in [5.41, 5.74) is 0.597. The molecule has 0 spiro atoms. The topological polar surface area (TPSA) is 72.5 Å². The molecular weight excluding hydrogens is 152 g/mol. The van der Waals surface area contributed by atoms with Crippen LogP contribution >= 0.6 is 0 Å². The Bertz CT molecular complexity index is 255. The third-order valence-electron chi connectivity index (χ3n) is 1.82. The third-order valence-corrected chi connectivity index (χ3v) is 3.94. The molecule has 0 aromatic rings. The largest absolute Gasteiger partial charge is 0.323 e. The highest BCUT2D eigenvalue weighted by Gasteiger charge is 2.32. The van der Waals surface area contributed by atoms with Crippen LogP contribution in [0.2, 0.25) is 0 Å². The van der Waals surface area contributed by atoms with Crippen LogP contribution in [0.15, 0.2) is 5.10 Å². The van der Waals surface area contributed by atoms with Gasteiger partial charge in [0.15, 0.2) is 9.84 Å². The summed E-state index contributed by atoms with van der Waals surface area (Å²) in [6.07, 6.45) is 0.500. The fourth-order valence-electron chi connectivity index (χ4n) is 1.00. The van der Waals surface area contributed by atoms with Gasteiger partial charge < -0.3 is 5.84 Å². The quantitative estimate of drug-likeness (QED) is 0.386. The lowest BCUT2D eigenvalue weighted by atomic mass is 10.2. The van der Waals surface area contributed by atoms with Crippen LogP contribution in [0, 0.1) is 0 Å². The molecule has 0 aromatic heterocycles. The summed E-state index contributed by atoms with van der Waals surface area (Å²) in [5, 5.41) is 2.94. The lowest BCUT2D eigenvalue weighted by Gasteiger charge is -1.99. The van der Waals surface area contributed by atoms with Gasteiger partial charge in [-0.05, 0) is 6.92 Å². The molecule has 1 fully saturated rings. The summed E-state index contributed by atoms with van der Waals surface area (Å²) in [4.78, 5) is 0. The standard InChI is InChI=1S/C5H10N2O2S/c1-4-5(7-6)2-3-10(4,8)9/h4H,2-3,6H2,1H3/b7-5-. The van der Waals surface area contributed by atoms with Crippen LogP contribution in [0.4, 0.5) is 0 Å². The van der Waals surface area contributed by atoms with E-state index in [1.54, 1.807) is 6.92 Å². The van der Waals surface area contributed by atoms with Gasteiger partial charge in [0.25, 0.3) is 0 Å². The molecule has 58 valence electrons. The smallest absolute Gasteiger partial charge is 0.158 e. The first-order chi connectivity index (χ1) is 4.58. The van der Waals surface area contributed by atoms with Gasteiger partial charge in [0.05, 0.1) is 16.7 Å². The molecule has 1 rings (SSSR count). The average molecular weight is 162 g/mol. The van der Waals surface area contributed by atoms with Crippen molar-refractivity contribution in [2.75, 3.05) is 5.75 Å². The molecule has 0 aliphatic carbocycles. The van der Waals surface area contributed by atoms with Crippen LogP contribution in [0.1, 0.15) is 13.3 Å². The summed E-state index contributed by atoms with van der Waals surface area (Å²) in [5.74, 6) is 5.17. The molecule has 0 bridgehead atoms. The van der Waals surface area contributed by atoms with Gasteiger partial charge in [0.2, 0.25) is 0 Å². The van der Waals surface area contributed by atoms with Gasteiger partial charge in [-0.25, -0.2) is 8.42 Å². The highest BCUT2D eigenvalue weighted by molar-refractivity contribution is 7.93. The Labute approximate surface area is 60.0 Å².